The van der Waals surface area contributed by atoms with Crippen LogP contribution in [0.4, 0.5) is 0 Å². The van der Waals surface area contributed by atoms with E-state index in [2.05, 4.69) is 13.8 Å². The van der Waals surface area contributed by atoms with Crippen molar-refractivity contribution in [2.24, 2.45) is 11.7 Å². The van der Waals surface area contributed by atoms with Gasteiger partial charge < -0.3 is 10.6 Å². The minimum atomic E-state index is -0.405. The van der Waals surface area contributed by atoms with Gasteiger partial charge in [0.05, 0.1) is 12.1 Å². The molecule has 1 saturated heterocycles. The molecule has 0 aliphatic carbocycles. The highest BCUT2D eigenvalue weighted by Gasteiger charge is 2.33. The summed E-state index contributed by atoms with van der Waals surface area (Å²) in [5, 5.41) is 0.731. The molecule has 1 aromatic carbocycles. The van der Waals surface area contributed by atoms with Gasteiger partial charge in [0.2, 0.25) is 5.91 Å². The molecule has 4 heteroatoms. The smallest absolute Gasteiger partial charge is 0.240 e. The first-order valence-electron chi connectivity index (χ1n) is 7.31. The fraction of sp³-hybridized carbons (Fsp3) is 0.562. The van der Waals surface area contributed by atoms with Crippen LogP contribution in [0.2, 0.25) is 5.02 Å². The van der Waals surface area contributed by atoms with Gasteiger partial charge in [-0.25, -0.2) is 0 Å². The van der Waals surface area contributed by atoms with Gasteiger partial charge in [0.1, 0.15) is 0 Å². The molecule has 2 N–H and O–H groups in total. The van der Waals surface area contributed by atoms with E-state index in [0.717, 1.165) is 36.4 Å². The van der Waals surface area contributed by atoms with Crippen LogP contribution < -0.4 is 5.73 Å². The lowest BCUT2D eigenvalue weighted by Crippen LogP contribution is -2.44. The minimum absolute atomic E-state index is 0.0566. The van der Waals surface area contributed by atoms with Gasteiger partial charge in [0.25, 0.3) is 0 Å². The summed E-state index contributed by atoms with van der Waals surface area (Å²) in [7, 11) is 0. The molecule has 1 heterocycles. The second kappa shape index (κ2) is 6.59. The van der Waals surface area contributed by atoms with Crippen molar-refractivity contribution in [2.45, 2.75) is 45.2 Å². The highest BCUT2D eigenvalue weighted by Crippen LogP contribution is 2.36. The van der Waals surface area contributed by atoms with E-state index in [9.17, 15) is 4.79 Å². The second-order valence-electron chi connectivity index (χ2n) is 5.95. The topological polar surface area (TPSA) is 46.3 Å². The van der Waals surface area contributed by atoms with Gasteiger partial charge in [-0.3, -0.25) is 4.79 Å². The Morgan fingerprint density at radius 1 is 1.45 bits per heavy atom. The lowest BCUT2D eigenvalue weighted by Gasteiger charge is -2.28. The quantitative estimate of drug-likeness (QED) is 0.925. The van der Waals surface area contributed by atoms with Crippen molar-refractivity contribution in [3.63, 3.8) is 0 Å². The molecule has 0 spiro atoms. The maximum Gasteiger partial charge on any atom is 0.240 e. The number of carbonyl (C=O) groups excluding carboxylic acids is 1. The van der Waals surface area contributed by atoms with Crippen LogP contribution in [0.1, 0.15) is 44.7 Å². The van der Waals surface area contributed by atoms with E-state index in [0.29, 0.717) is 5.92 Å². The second-order valence-corrected chi connectivity index (χ2v) is 6.35. The van der Waals surface area contributed by atoms with Crippen molar-refractivity contribution in [3.8, 4) is 0 Å². The van der Waals surface area contributed by atoms with Crippen molar-refractivity contribution in [1.29, 1.82) is 0 Å². The predicted octanol–water partition coefficient (Wildman–Crippen LogP) is 3.38. The molecule has 110 valence electrons. The van der Waals surface area contributed by atoms with Crippen LogP contribution in [0.5, 0.6) is 0 Å². The molecule has 1 aliphatic rings. The van der Waals surface area contributed by atoms with Gasteiger partial charge in [-0.2, -0.15) is 0 Å². The first kappa shape index (κ1) is 15.3. The van der Waals surface area contributed by atoms with Crippen LogP contribution >= 0.6 is 11.6 Å². The summed E-state index contributed by atoms with van der Waals surface area (Å²) in [6, 6.07) is 7.44. The summed E-state index contributed by atoms with van der Waals surface area (Å²) >= 11 is 6.27. The molecule has 2 rings (SSSR count). The van der Waals surface area contributed by atoms with E-state index in [4.69, 9.17) is 17.3 Å². The Morgan fingerprint density at radius 2 is 2.15 bits per heavy atom. The van der Waals surface area contributed by atoms with Crippen molar-refractivity contribution in [1.82, 2.24) is 4.90 Å². The first-order chi connectivity index (χ1) is 9.50. The maximum absolute atomic E-state index is 12.5. The zero-order chi connectivity index (χ0) is 14.7. The number of nitrogens with two attached hydrogens (primary N) is 1. The minimum Gasteiger partial charge on any atom is -0.334 e. The number of hydrogen-bond acceptors (Lipinski definition) is 2. The van der Waals surface area contributed by atoms with Gasteiger partial charge in [0.15, 0.2) is 0 Å². The first-order valence-corrected chi connectivity index (χ1v) is 7.69. The molecule has 1 aliphatic heterocycles. The van der Waals surface area contributed by atoms with Crippen molar-refractivity contribution < 1.29 is 4.79 Å². The Morgan fingerprint density at radius 3 is 2.80 bits per heavy atom. The van der Waals surface area contributed by atoms with Gasteiger partial charge in [-0.15, -0.1) is 0 Å². The summed E-state index contributed by atoms with van der Waals surface area (Å²) in [5.74, 6) is 0.483. The van der Waals surface area contributed by atoms with Gasteiger partial charge >= 0.3 is 0 Å². The summed E-state index contributed by atoms with van der Waals surface area (Å²) < 4.78 is 0. The molecule has 1 amide bonds. The van der Waals surface area contributed by atoms with Crippen LogP contribution in [0.25, 0.3) is 0 Å². The Hall–Kier alpha value is -1.06. The summed E-state index contributed by atoms with van der Waals surface area (Å²) in [6.07, 6.45) is 2.70. The zero-order valence-electron chi connectivity index (χ0n) is 12.2. The highest BCUT2D eigenvalue weighted by molar-refractivity contribution is 6.31. The summed E-state index contributed by atoms with van der Waals surface area (Å²) in [5.41, 5.74) is 7.09. The Bertz CT molecular complexity index is 475. The molecular formula is C16H23ClN2O. The number of rotatable bonds is 4. The Balaban J connectivity index is 2.15. The van der Waals surface area contributed by atoms with Crippen LogP contribution in [0.3, 0.4) is 0 Å². The van der Waals surface area contributed by atoms with Crippen LogP contribution in [0.15, 0.2) is 24.3 Å². The van der Waals surface area contributed by atoms with Crippen LogP contribution in [-0.4, -0.2) is 23.4 Å². The fourth-order valence-corrected chi connectivity index (χ4v) is 3.18. The third-order valence-electron chi connectivity index (χ3n) is 3.84. The molecule has 0 saturated carbocycles. The maximum atomic E-state index is 12.5. The molecule has 0 aromatic heterocycles. The number of halogens is 1. The highest BCUT2D eigenvalue weighted by atomic mass is 35.5. The van der Waals surface area contributed by atoms with E-state index in [-0.39, 0.29) is 11.9 Å². The third-order valence-corrected chi connectivity index (χ3v) is 4.19. The Kier molecular flexibility index (Phi) is 5.06. The zero-order valence-corrected chi connectivity index (χ0v) is 12.9. The van der Waals surface area contributed by atoms with Gasteiger partial charge in [-0.05, 0) is 36.8 Å². The molecule has 2 atom stereocenters. The number of carbonyl (C=O) groups is 1. The van der Waals surface area contributed by atoms with Crippen LogP contribution in [-0.2, 0) is 4.79 Å². The largest absolute Gasteiger partial charge is 0.334 e. The Labute approximate surface area is 126 Å². The SMILES string of the molecule is CC(C)CC(N)C(=O)N1CCCC1c1ccccc1Cl. The molecule has 2 unspecified atom stereocenters. The number of amides is 1. The van der Waals surface area contributed by atoms with Gasteiger partial charge in [0, 0.05) is 11.6 Å². The molecule has 20 heavy (non-hydrogen) atoms. The average Bonchev–Trinajstić information content (AvgIpc) is 2.86. The normalized spacial score (nSPS) is 20.4. The molecule has 1 fully saturated rings. The van der Waals surface area contributed by atoms with E-state index in [1.165, 1.54) is 0 Å². The van der Waals surface area contributed by atoms with Crippen molar-refractivity contribution in [2.75, 3.05) is 6.54 Å². The number of benzene rings is 1. The fourth-order valence-electron chi connectivity index (χ4n) is 2.92. The lowest BCUT2D eigenvalue weighted by molar-refractivity contribution is -0.133. The molecule has 0 radical (unpaired) electrons. The average molecular weight is 295 g/mol. The van der Waals surface area contributed by atoms with Crippen molar-refractivity contribution in [3.05, 3.63) is 34.9 Å². The van der Waals surface area contributed by atoms with Crippen molar-refractivity contribution >= 4 is 17.5 Å². The molecule has 0 bridgehead atoms. The monoisotopic (exact) mass is 294 g/mol. The standard InChI is InChI=1S/C16H23ClN2O/c1-11(2)10-14(18)16(20)19-9-5-8-15(19)12-6-3-4-7-13(12)17/h3-4,6-7,11,14-15H,5,8-10,18H2,1-2H3. The number of hydrogen-bond donors (Lipinski definition) is 1. The molecular weight excluding hydrogens is 272 g/mol. The van der Waals surface area contributed by atoms with E-state index in [1.54, 1.807) is 0 Å². The molecule has 1 aromatic rings. The van der Waals surface area contributed by atoms with E-state index >= 15 is 0 Å². The van der Waals surface area contributed by atoms with E-state index < -0.39 is 6.04 Å². The molecule has 3 nitrogen and oxygen atoms in total. The third kappa shape index (κ3) is 3.33. The van der Waals surface area contributed by atoms with Gasteiger partial charge in [-0.1, -0.05) is 43.6 Å². The summed E-state index contributed by atoms with van der Waals surface area (Å²) in [4.78, 5) is 14.4. The lowest BCUT2D eigenvalue weighted by atomic mass is 10.0. The predicted molar refractivity (Wildman–Crippen MR) is 82.6 cm³/mol. The van der Waals surface area contributed by atoms with Crippen LogP contribution in [0, 0.1) is 5.92 Å². The van der Waals surface area contributed by atoms with E-state index in [1.807, 2.05) is 29.2 Å². The number of nitrogens with zero attached hydrogens (tertiary/aromatic N) is 1. The number of likely N-dealkylation sites (tertiary alicyclic amines) is 1. The summed E-state index contributed by atoms with van der Waals surface area (Å²) in [6.45, 7) is 4.95.